The summed E-state index contributed by atoms with van der Waals surface area (Å²) in [4.78, 5) is 33.4. The van der Waals surface area contributed by atoms with Crippen molar-refractivity contribution in [3.05, 3.63) is 46.3 Å². The molecule has 8 heteroatoms. The van der Waals surface area contributed by atoms with Crippen LogP contribution in [0.15, 0.2) is 35.8 Å². The summed E-state index contributed by atoms with van der Waals surface area (Å²) >= 11 is 1.70. The monoisotopic (exact) mass is 373 g/mol. The molecule has 3 amide bonds. The number of nitrogens with zero attached hydrogens (tertiary/aromatic N) is 3. The van der Waals surface area contributed by atoms with Gasteiger partial charge >= 0.3 is 6.03 Å². The lowest BCUT2D eigenvalue weighted by Crippen LogP contribution is -2.53. The number of hydrogen-bond acceptors (Lipinski definition) is 5. The third-order valence-electron chi connectivity index (χ3n) is 4.38. The van der Waals surface area contributed by atoms with E-state index >= 15 is 0 Å². The lowest BCUT2D eigenvalue weighted by atomic mass is 10.2. The molecule has 0 unspecified atom stereocenters. The smallest absolute Gasteiger partial charge is 0.317 e. The second kappa shape index (κ2) is 8.18. The van der Waals surface area contributed by atoms with Crippen molar-refractivity contribution in [1.29, 1.82) is 0 Å². The van der Waals surface area contributed by atoms with Crippen LogP contribution < -0.4 is 16.0 Å². The summed E-state index contributed by atoms with van der Waals surface area (Å²) in [6.07, 6.45) is 2.48. The number of piperazine rings is 1. The van der Waals surface area contributed by atoms with Gasteiger partial charge in [-0.05, 0) is 30.5 Å². The van der Waals surface area contributed by atoms with Gasteiger partial charge in [-0.3, -0.25) is 4.79 Å². The number of primary amides is 1. The zero-order valence-corrected chi connectivity index (χ0v) is 15.5. The summed E-state index contributed by atoms with van der Waals surface area (Å²) in [5, 5.41) is 5.10. The van der Waals surface area contributed by atoms with Crippen LogP contribution in [-0.4, -0.2) is 54.0 Å². The van der Waals surface area contributed by atoms with Crippen molar-refractivity contribution in [2.24, 2.45) is 5.73 Å². The quantitative estimate of drug-likeness (QED) is 0.835. The average molecular weight is 373 g/mol. The van der Waals surface area contributed by atoms with E-state index in [-0.39, 0.29) is 12.1 Å². The summed E-state index contributed by atoms with van der Waals surface area (Å²) < 4.78 is 0. The topological polar surface area (TPSA) is 91.6 Å². The molecule has 1 aliphatic rings. The molecule has 1 atom stereocenters. The molecule has 138 valence electrons. The fourth-order valence-corrected chi connectivity index (χ4v) is 3.88. The van der Waals surface area contributed by atoms with Gasteiger partial charge in [0.05, 0.1) is 5.56 Å². The normalized spacial score (nSPS) is 15.6. The van der Waals surface area contributed by atoms with Crippen LogP contribution in [0.2, 0.25) is 0 Å². The third-order valence-corrected chi connectivity index (χ3v) is 5.27. The summed E-state index contributed by atoms with van der Waals surface area (Å²) in [5.74, 6) is 0.0989. The van der Waals surface area contributed by atoms with Crippen LogP contribution in [0.3, 0.4) is 0 Å². The van der Waals surface area contributed by atoms with Crippen LogP contribution in [-0.2, 0) is 6.42 Å². The first-order valence-corrected chi connectivity index (χ1v) is 9.50. The number of carbonyl (C=O) groups excluding carboxylic acids is 2. The Balaban J connectivity index is 1.53. The number of nitrogens with one attached hydrogen (secondary N) is 1. The van der Waals surface area contributed by atoms with Crippen molar-refractivity contribution in [3.63, 3.8) is 0 Å². The van der Waals surface area contributed by atoms with E-state index in [1.54, 1.807) is 34.6 Å². The molecule has 0 spiro atoms. The Labute approximate surface area is 156 Å². The van der Waals surface area contributed by atoms with Gasteiger partial charge in [0.1, 0.15) is 5.82 Å². The molecule has 3 N–H and O–H groups in total. The first-order chi connectivity index (χ1) is 12.5. The maximum Gasteiger partial charge on any atom is 0.317 e. The van der Waals surface area contributed by atoms with E-state index in [4.69, 9.17) is 5.73 Å². The molecule has 1 fully saturated rings. The SMILES string of the molecule is C[C@@H](Cc1cccs1)NC(=O)N1CCN(c2ncccc2C(N)=O)CC1. The predicted molar refractivity (Wildman–Crippen MR) is 103 cm³/mol. The van der Waals surface area contributed by atoms with Crippen molar-refractivity contribution in [2.75, 3.05) is 31.1 Å². The van der Waals surface area contributed by atoms with E-state index in [1.807, 2.05) is 23.3 Å². The molecule has 3 heterocycles. The van der Waals surface area contributed by atoms with Crippen LogP contribution in [0.25, 0.3) is 0 Å². The molecule has 2 aromatic heterocycles. The second-order valence-corrected chi connectivity index (χ2v) is 7.38. The van der Waals surface area contributed by atoms with E-state index in [0.29, 0.717) is 37.6 Å². The minimum Gasteiger partial charge on any atom is -0.365 e. The van der Waals surface area contributed by atoms with Crippen LogP contribution in [0, 0.1) is 0 Å². The summed E-state index contributed by atoms with van der Waals surface area (Å²) in [7, 11) is 0. The molecule has 7 nitrogen and oxygen atoms in total. The van der Waals surface area contributed by atoms with Crippen LogP contribution >= 0.6 is 11.3 Å². The number of thiophene rings is 1. The zero-order valence-electron chi connectivity index (χ0n) is 14.7. The van der Waals surface area contributed by atoms with Gasteiger partial charge in [0.25, 0.3) is 5.91 Å². The van der Waals surface area contributed by atoms with Crippen LogP contribution in [0.5, 0.6) is 0 Å². The van der Waals surface area contributed by atoms with Gasteiger partial charge < -0.3 is 20.9 Å². The van der Waals surface area contributed by atoms with E-state index in [1.165, 1.54) is 4.88 Å². The number of nitrogens with two attached hydrogens (primary N) is 1. The number of urea groups is 1. The molecular weight excluding hydrogens is 350 g/mol. The highest BCUT2D eigenvalue weighted by molar-refractivity contribution is 7.09. The molecule has 2 aromatic rings. The number of rotatable bonds is 5. The summed E-state index contributed by atoms with van der Waals surface area (Å²) in [6.45, 7) is 4.40. The lowest BCUT2D eigenvalue weighted by Gasteiger charge is -2.36. The number of anilines is 1. The molecule has 1 aliphatic heterocycles. The molecule has 0 bridgehead atoms. The predicted octanol–water partition coefficient (Wildman–Crippen LogP) is 1.70. The summed E-state index contributed by atoms with van der Waals surface area (Å²) in [5.41, 5.74) is 5.84. The van der Waals surface area contributed by atoms with E-state index in [9.17, 15) is 9.59 Å². The molecular formula is C18H23N5O2S. The Morgan fingerprint density at radius 2 is 2.04 bits per heavy atom. The summed E-state index contributed by atoms with van der Waals surface area (Å²) in [6, 6.07) is 7.50. The van der Waals surface area contributed by atoms with Crippen molar-refractivity contribution < 1.29 is 9.59 Å². The van der Waals surface area contributed by atoms with Gasteiger partial charge in [-0.25, -0.2) is 9.78 Å². The maximum absolute atomic E-state index is 12.5. The Morgan fingerprint density at radius 1 is 1.27 bits per heavy atom. The molecule has 0 aliphatic carbocycles. The van der Waals surface area contributed by atoms with Crippen molar-refractivity contribution >= 4 is 29.1 Å². The fourth-order valence-electron chi connectivity index (χ4n) is 3.05. The van der Waals surface area contributed by atoms with E-state index in [0.717, 1.165) is 6.42 Å². The molecule has 0 radical (unpaired) electrons. The van der Waals surface area contributed by atoms with Gasteiger partial charge in [0, 0.05) is 49.7 Å². The molecule has 0 saturated carbocycles. The Morgan fingerprint density at radius 3 is 2.69 bits per heavy atom. The minimum atomic E-state index is -0.490. The minimum absolute atomic E-state index is 0.0511. The van der Waals surface area contributed by atoms with Crippen molar-refractivity contribution in [3.8, 4) is 0 Å². The molecule has 1 saturated heterocycles. The number of amides is 3. The first kappa shape index (κ1) is 18.2. The number of aromatic nitrogens is 1. The van der Waals surface area contributed by atoms with Gasteiger partial charge in [-0.1, -0.05) is 6.07 Å². The van der Waals surface area contributed by atoms with Crippen LogP contribution in [0.1, 0.15) is 22.2 Å². The fraction of sp³-hybridized carbons (Fsp3) is 0.389. The van der Waals surface area contributed by atoms with E-state index < -0.39 is 5.91 Å². The van der Waals surface area contributed by atoms with Gasteiger partial charge in [0.15, 0.2) is 0 Å². The molecule has 0 aromatic carbocycles. The van der Waals surface area contributed by atoms with Gasteiger partial charge in [0.2, 0.25) is 0 Å². The first-order valence-electron chi connectivity index (χ1n) is 8.62. The van der Waals surface area contributed by atoms with Gasteiger partial charge in [-0.2, -0.15) is 0 Å². The van der Waals surface area contributed by atoms with Crippen LogP contribution in [0.4, 0.5) is 10.6 Å². The van der Waals surface area contributed by atoms with Crippen molar-refractivity contribution in [1.82, 2.24) is 15.2 Å². The van der Waals surface area contributed by atoms with Crippen molar-refractivity contribution in [2.45, 2.75) is 19.4 Å². The highest BCUT2D eigenvalue weighted by atomic mass is 32.1. The highest BCUT2D eigenvalue weighted by Gasteiger charge is 2.25. The standard InChI is InChI=1S/C18H23N5O2S/c1-13(12-14-4-3-11-26-14)21-18(25)23-9-7-22(8-10-23)17-15(16(19)24)5-2-6-20-17/h2-6,11,13H,7-10,12H2,1H3,(H2,19,24)(H,21,25)/t13-/m0/s1. The Bertz CT molecular complexity index is 757. The second-order valence-electron chi connectivity index (χ2n) is 6.35. The molecule has 3 rings (SSSR count). The van der Waals surface area contributed by atoms with Gasteiger partial charge in [-0.15, -0.1) is 11.3 Å². The average Bonchev–Trinajstić information content (AvgIpc) is 3.14. The lowest BCUT2D eigenvalue weighted by molar-refractivity contribution is 0.1000. The Kier molecular flexibility index (Phi) is 5.72. The number of pyridine rings is 1. The molecule has 26 heavy (non-hydrogen) atoms. The highest BCUT2D eigenvalue weighted by Crippen LogP contribution is 2.18. The number of hydrogen-bond donors (Lipinski definition) is 2. The largest absolute Gasteiger partial charge is 0.365 e. The maximum atomic E-state index is 12.5. The van der Waals surface area contributed by atoms with E-state index in [2.05, 4.69) is 16.4 Å². The zero-order chi connectivity index (χ0) is 18.5. The Hall–Kier alpha value is -2.61. The number of carbonyl (C=O) groups is 2. The third kappa shape index (κ3) is 4.32.